The molecule has 0 saturated carbocycles. The Balaban J connectivity index is 0.00000106. The Kier molecular flexibility index (Phi) is 9.19. The van der Waals surface area contributed by atoms with Gasteiger partial charge in [-0.15, -0.1) is 0 Å². The molecule has 0 aliphatic carbocycles. The van der Waals surface area contributed by atoms with Crippen LogP contribution in [0.5, 0.6) is 0 Å². The number of carbonyl (C=O) groups is 3. The zero-order chi connectivity index (χ0) is 22.9. The minimum atomic E-state index is -1.69. The molecule has 30 heavy (non-hydrogen) atoms. The van der Waals surface area contributed by atoms with Crippen molar-refractivity contribution >= 4 is 25.3 Å². The van der Waals surface area contributed by atoms with E-state index < -0.39 is 17.6 Å². The second-order valence-corrected chi connectivity index (χ2v) is 6.70. The highest BCUT2D eigenvalue weighted by Gasteiger charge is 2.52. The van der Waals surface area contributed by atoms with E-state index in [9.17, 15) is 9.59 Å². The summed E-state index contributed by atoms with van der Waals surface area (Å²) in [5, 5.41) is 2.57. The van der Waals surface area contributed by atoms with Gasteiger partial charge < -0.3 is 19.6 Å². The van der Waals surface area contributed by atoms with Crippen LogP contribution in [0, 0.1) is 5.92 Å². The van der Waals surface area contributed by atoms with Crippen molar-refractivity contribution in [3.05, 3.63) is 58.6 Å². The van der Waals surface area contributed by atoms with Crippen LogP contribution in [0.3, 0.4) is 0 Å². The number of amides is 1. The first-order chi connectivity index (χ1) is 14.3. The highest BCUT2D eigenvalue weighted by molar-refractivity contribution is 6.03. The summed E-state index contributed by atoms with van der Waals surface area (Å²) in [6.07, 6.45) is 0.758. The summed E-state index contributed by atoms with van der Waals surface area (Å²) in [6, 6.07) is 10.1. The van der Waals surface area contributed by atoms with E-state index in [4.69, 9.17) is 14.3 Å². The lowest BCUT2D eigenvalue weighted by molar-refractivity contribution is -0.0987. The smallest absolute Gasteiger partial charge is 0.351 e. The van der Waals surface area contributed by atoms with Gasteiger partial charge in [0.2, 0.25) is 0 Å². The van der Waals surface area contributed by atoms with E-state index in [1.54, 1.807) is 37.3 Å². The summed E-state index contributed by atoms with van der Waals surface area (Å²) < 4.78 is 22.0. The van der Waals surface area contributed by atoms with Crippen LogP contribution in [0.2, 0.25) is 0 Å². The average Bonchev–Trinajstić information content (AvgIpc) is 3.00. The van der Waals surface area contributed by atoms with Crippen LogP contribution in [0.1, 0.15) is 43.8 Å². The van der Waals surface area contributed by atoms with Gasteiger partial charge in [-0.05, 0) is 31.5 Å². The summed E-state index contributed by atoms with van der Waals surface area (Å²) in [7, 11) is 0. The normalized spacial score (nSPS) is 24.6. The van der Waals surface area contributed by atoms with Crippen molar-refractivity contribution in [1.82, 2.24) is 9.55 Å². The SMILES string of the molecule is C=O.C=O.CC[C@H]1O[C@@H](n2ccc(NC(=O)c3ccccc3)nc2=O)[C@](C)(F)[C@@H]1C. The number of rotatable bonds is 4. The molecule has 0 bridgehead atoms. The van der Waals surface area contributed by atoms with Gasteiger partial charge in [-0.2, -0.15) is 4.98 Å². The van der Waals surface area contributed by atoms with Crippen LogP contribution in [0.25, 0.3) is 0 Å². The number of nitrogens with zero attached hydrogens (tertiary/aromatic N) is 2. The zero-order valence-electron chi connectivity index (χ0n) is 17.2. The Morgan fingerprint density at radius 1 is 1.23 bits per heavy atom. The van der Waals surface area contributed by atoms with Crippen LogP contribution in [-0.2, 0) is 14.3 Å². The molecule has 1 aliphatic heterocycles. The van der Waals surface area contributed by atoms with Gasteiger partial charge >= 0.3 is 5.69 Å². The van der Waals surface area contributed by atoms with Crippen LogP contribution < -0.4 is 11.0 Å². The second kappa shape index (κ2) is 11.1. The first-order valence-electron chi connectivity index (χ1n) is 9.22. The molecule has 0 spiro atoms. The molecule has 1 aromatic carbocycles. The average molecular weight is 419 g/mol. The van der Waals surface area contributed by atoms with E-state index in [1.807, 2.05) is 20.5 Å². The number of carbonyl (C=O) groups excluding carboxylic acids is 3. The van der Waals surface area contributed by atoms with Gasteiger partial charge in [0.05, 0.1) is 6.10 Å². The molecular formula is C21H26FN3O5. The Labute approximate surface area is 174 Å². The predicted molar refractivity (Wildman–Crippen MR) is 110 cm³/mol. The fourth-order valence-electron chi connectivity index (χ4n) is 3.23. The maximum absolute atomic E-state index is 15.1. The van der Waals surface area contributed by atoms with Crippen LogP contribution in [0.15, 0.2) is 47.4 Å². The number of halogens is 1. The van der Waals surface area contributed by atoms with Crippen LogP contribution in [0.4, 0.5) is 10.2 Å². The number of benzene rings is 1. The molecule has 0 unspecified atom stereocenters. The Morgan fingerprint density at radius 3 is 2.33 bits per heavy atom. The van der Waals surface area contributed by atoms with E-state index in [0.717, 1.165) is 4.57 Å². The van der Waals surface area contributed by atoms with Crippen molar-refractivity contribution < 1.29 is 23.5 Å². The molecule has 4 atom stereocenters. The van der Waals surface area contributed by atoms with Gasteiger partial charge in [-0.3, -0.25) is 9.36 Å². The summed E-state index contributed by atoms with van der Waals surface area (Å²) in [6.45, 7) is 9.14. The van der Waals surface area contributed by atoms with Crippen molar-refractivity contribution in [3.63, 3.8) is 0 Å². The largest absolute Gasteiger partial charge is 0.351 e. The monoisotopic (exact) mass is 419 g/mol. The van der Waals surface area contributed by atoms with Gasteiger partial charge in [-0.1, -0.05) is 32.0 Å². The van der Waals surface area contributed by atoms with Gasteiger partial charge in [0.1, 0.15) is 19.4 Å². The van der Waals surface area contributed by atoms with Gasteiger partial charge in [0, 0.05) is 17.7 Å². The highest BCUT2D eigenvalue weighted by Crippen LogP contribution is 2.45. The molecule has 1 aromatic heterocycles. The maximum Gasteiger partial charge on any atom is 0.351 e. The summed E-state index contributed by atoms with van der Waals surface area (Å²) in [5.74, 6) is -0.608. The van der Waals surface area contributed by atoms with Gasteiger partial charge in [-0.25, -0.2) is 9.18 Å². The molecule has 3 rings (SSSR count). The predicted octanol–water partition coefficient (Wildman–Crippen LogP) is 2.80. The lowest BCUT2D eigenvalue weighted by Gasteiger charge is -2.25. The number of ether oxygens (including phenoxy) is 1. The molecule has 2 aromatic rings. The zero-order valence-corrected chi connectivity index (χ0v) is 17.2. The highest BCUT2D eigenvalue weighted by atomic mass is 19.1. The minimum Gasteiger partial charge on any atom is -0.351 e. The molecule has 1 aliphatic rings. The summed E-state index contributed by atoms with van der Waals surface area (Å²) in [4.78, 5) is 44.4. The van der Waals surface area contributed by atoms with E-state index in [1.165, 1.54) is 19.2 Å². The van der Waals surface area contributed by atoms with Crippen LogP contribution in [-0.4, -0.2) is 40.8 Å². The summed E-state index contributed by atoms with van der Waals surface area (Å²) in [5.41, 5.74) is -1.91. The first-order valence-corrected chi connectivity index (χ1v) is 9.22. The van der Waals surface area contributed by atoms with Crippen molar-refractivity contribution in [2.24, 2.45) is 5.92 Å². The minimum absolute atomic E-state index is 0.110. The third-order valence-electron chi connectivity index (χ3n) is 5.00. The van der Waals surface area contributed by atoms with Gasteiger partial charge in [0.25, 0.3) is 5.91 Å². The van der Waals surface area contributed by atoms with Crippen molar-refractivity contribution in [2.75, 3.05) is 5.32 Å². The molecule has 9 heteroatoms. The number of aromatic nitrogens is 2. The van der Waals surface area contributed by atoms with Crippen molar-refractivity contribution in [2.45, 2.75) is 45.2 Å². The van der Waals surface area contributed by atoms with Crippen molar-refractivity contribution in [3.8, 4) is 0 Å². The number of alkyl halides is 1. The second-order valence-electron chi connectivity index (χ2n) is 6.70. The third kappa shape index (κ3) is 5.24. The Bertz CT molecular complexity index is 886. The van der Waals surface area contributed by atoms with E-state index >= 15 is 4.39 Å². The third-order valence-corrected chi connectivity index (χ3v) is 5.00. The molecule has 1 amide bonds. The molecule has 1 fully saturated rings. The van der Waals surface area contributed by atoms with E-state index in [2.05, 4.69) is 10.3 Å². The molecule has 0 radical (unpaired) electrons. The topological polar surface area (TPSA) is 107 Å². The molecular weight excluding hydrogens is 393 g/mol. The number of hydrogen-bond acceptors (Lipinski definition) is 6. The molecule has 8 nitrogen and oxygen atoms in total. The van der Waals surface area contributed by atoms with Gasteiger partial charge in [0.15, 0.2) is 11.9 Å². The summed E-state index contributed by atoms with van der Waals surface area (Å²) >= 11 is 0. The first kappa shape index (κ1) is 24.8. The molecule has 2 heterocycles. The van der Waals surface area contributed by atoms with Crippen LogP contribution >= 0.6 is 0 Å². The fourth-order valence-corrected chi connectivity index (χ4v) is 3.23. The quantitative estimate of drug-likeness (QED) is 0.817. The molecule has 1 N–H and O–H groups in total. The lowest BCUT2D eigenvalue weighted by atomic mass is 9.88. The lowest BCUT2D eigenvalue weighted by Crippen LogP contribution is -2.38. The number of hydrogen-bond donors (Lipinski definition) is 1. The Morgan fingerprint density at radius 2 is 1.83 bits per heavy atom. The Hall–Kier alpha value is -3.20. The molecule has 1 saturated heterocycles. The molecule has 162 valence electrons. The van der Waals surface area contributed by atoms with E-state index in [-0.39, 0.29) is 23.7 Å². The fraction of sp³-hybridized carbons (Fsp3) is 0.381. The number of anilines is 1. The maximum atomic E-state index is 15.1. The van der Waals surface area contributed by atoms with E-state index in [0.29, 0.717) is 12.0 Å². The number of nitrogens with one attached hydrogen (secondary N) is 1. The standard InChI is InChI=1S/C19H22FN3O3.2CH2O/c1-4-14-12(2)19(3,20)17(26-14)23-11-10-15(22-18(23)25)21-16(24)13-8-6-5-7-9-13;2*1-2/h5-12,14,17H,4H2,1-3H3,(H,21,22,24,25);2*1H2/t12-,14-,17-,19-;;/m1../s1. The van der Waals surface area contributed by atoms with Crippen molar-refractivity contribution in [1.29, 1.82) is 0 Å².